The monoisotopic (exact) mass is 262 g/mol. The smallest absolute Gasteiger partial charge is 0.269 e. The molecule has 0 radical (unpaired) electrons. The van der Waals surface area contributed by atoms with Gasteiger partial charge in [-0.1, -0.05) is 48.0 Å². The number of carbonyl (C=O) groups excluding carboxylic acids is 1. The summed E-state index contributed by atoms with van der Waals surface area (Å²) in [6.45, 7) is 0.299. The van der Waals surface area contributed by atoms with Gasteiger partial charge in [0.25, 0.3) is 5.91 Å². The lowest BCUT2D eigenvalue weighted by molar-refractivity contribution is 0.0229. The number of benzene rings is 1. The van der Waals surface area contributed by atoms with Gasteiger partial charge in [0.1, 0.15) is 10.8 Å². The van der Waals surface area contributed by atoms with Crippen molar-refractivity contribution < 1.29 is 9.63 Å². The molecular weight excluding hydrogens is 252 g/mol. The van der Waals surface area contributed by atoms with E-state index in [2.05, 4.69) is 10.5 Å². The van der Waals surface area contributed by atoms with Gasteiger partial charge in [0.15, 0.2) is 0 Å². The lowest BCUT2D eigenvalue weighted by Gasteiger charge is -2.05. The van der Waals surface area contributed by atoms with E-state index in [-0.39, 0.29) is 10.8 Å². The van der Waals surface area contributed by atoms with Gasteiger partial charge in [-0.3, -0.25) is 9.63 Å². The normalized spacial score (nSPS) is 10.1. The number of carbonyl (C=O) groups is 1. The van der Waals surface area contributed by atoms with Gasteiger partial charge in [0.2, 0.25) is 0 Å². The molecule has 0 saturated carbocycles. The Morgan fingerprint density at radius 1 is 1.17 bits per heavy atom. The lowest BCUT2D eigenvalue weighted by Crippen LogP contribution is -2.24. The standard InChI is InChI=1S/C13H11ClN2O2/c14-12-8-4-7-11(15-12)13(17)16-18-9-10-5-2-1-3-6-10/h1-8H,9H2,(H,16,17). The quantitative estimate of drug-likeness (QED) is 0.681. The molecule has 18 heavy (non-hydrogen) atoms. The van der Waals surface area contributed by atoms with Crippen LogP contribution in [0.1, 0.15) is 16.1 Å². The highest BCUT2D eigenvalue weighted by molar-refractivity contribution is 6.29. The van der Waals surface area contributed by atoms with Crippen LogP contribution in [-0.2, 0) is 11.4 Å². The molecule has 0 aliphatic carbocycles. The number of nitrogens with zero attached hydrogens (tertiary/aromatic N) is 1. The number of rotatable bonds is 4. The number of hydrogen-bond acceptors (Lipinski definition) is 3. The highest BCUT2D eigenvalue weighted by atomic mass is 35.5. The van der Waals surface area contributed by atoms with Crippen LogP contribution in [0.2, 0.25) is 5.15 Å². The van der Waals surface area contributed by atoms with E-state index >= 15 is 0 Å². The molecule has 0 saturated heterocycles. The van der Waals surface area contributed by atoms with Gasteiger partial charge in [-0.25, -0.2) is 10.5 Å². The predicted molar refractivity (Wildman–Crippen MR) is 67.9 cm³/mol. The van der Waals surface area contributed by atoms with E-state index in [1.807, 2.05) is 30.3 Å². The molecule has 0 unspecified atom stereocenters. The fourth-order valence-corrected chi connectivity index (χ4v) is 1.51. The molecule has 1 aromatic heterocycles. The molecule has 5 heteroatoms. The van der Waals surface area contributed by atoms with Crippen LogP contribution < -0.4 is 5.48 Å². The number of hydrogen-bond donors (Lipinski definition) is 1. The maximum Gasteiger partial charge on any atom is 0.293 e. The Kier molecular flexibility index (Phi) is 4.28. The van der Waals surface area contributed by atoms with Crippen LogP contribution in [0.4, 0.5) is 0 Å². The zero-order chi connectivity index (χ0) is 12.8. The fourth-order valence-electron chi connectivity index (χ4n) is 1.35. The van der Waals surface area contributed by atoms with Gasteiger partial charge in [0.05, 0.1) is 6.61 Å². The number of nitrogens with one attached hydrogen (secondary N) is 1. The van der Waals surface area contributed by atoms with Gasteiger partial charge in [-0.2, -0.15) is 0 Å². The van der Waals surface area contributed by atoms with Crippen molar-refractivity contribution in [3.8, 4) is 0 Å². The molecule has 0 aliphatic rings. The average molecular weight is 263 g/mol. The van der Waals surface area contributed by atoms with E-state index < -0.39 is 5.91 Å². The van der Waals surface area contributed by atoms with E-state index in [1.165, 1.54) is 0 Å². The minimum Gasteiger partial charge on any atom is -0.269 e. The Balaban J connectivity index is 1.86. The van der Waals surface area contributed by atoms with Crippen molar-refractivity contribution in [2.24, 2.45) is 0 Å². The Labute approximate surface area is 110 Å². The zero-order valence-electron chi connectivity index (χ0n) is 9.47. The third-order valence-electron chi connectivity index (χ3n) is 2.19. The largest absolute Gasteiger partial charge is 0.293 e. The van der Waals surface area contributed by atoms with E-state index in [0.717, 1.165) is 5.56 Å². The molecule has 2 rings (SSSR count). The summed E-state index contributed by atoms with van der Waals surface area (Å²) < 4.78 is 0. The Hall–Kier alpha value is -1.91. The minimum atomic E-state index is -0.423. The number of aromatic nitrogens is 1. The number of amides is 1. The second kappa shape index (κ2) is 6.14. The molecule has 0 aliphatic heterocycles. The molecular formula is C13H11ClN2O2. The minimum absolute atomic E-state index is 0.218. The topological polar surface area (TPSA) is 51.2 Å². The highest BCUT2D eigenvalue weighted by Crippen LogP contribution is 2.05. The number of pyridine rings is 1. The van der Waals surface area contributed by atoms with Crippen LogP contribution >= 0.6 is 11.6 Å². The highest BCUT2D eigenvalue weighted by Gasteiger charge is 2.07. The van der Waals surface area contributed by atoms with E-state index in [1.54, 1.807) is 18.2 Å². The Bertz CT molecular complexity index is 532. The molecule has 1 aromatic carbocycles. The predicted octanol–water partition coefficient (Wildman–Crippen LogP) is 2.60. The first-order chi connectivity index (χ1) is 8.75. The van der Waals surface area contributed by atoms with E-state index in [0.29, 0.717) is 6.61 Å². The lowest BCUT2D eigenvalue weighted by atomic mass is 10.2. The van der Waals surface area contributed by atoms with Crippen LogP contribution in [-0.4, -0.2) is 10.9 Å². The van der Waals surface area contributed by atoms with Gasteiger partial charge >= 0.3 is 0 Å². The van der Waals surface area contributed by atoms with Crippen molar-refractivity contribution in [2.45, 2.75) is 6.61 Å². The molecule has 2 aromatic rings. The Morgan fingerprint density at radius 3 is 2.67 bits per heavy atom. The molecule has 0 spiro atoms. The van der Waals surface area contributed by atoms with Crippen molar-refractivity contribution in [1.29, 1.82) is 0 Å². The van der Waals surface area contributed by atoms with Crippen molar-refractivity contribution in [2.75, 3.05) is 0 Å². The molecule has 92 valence electrons. The maximum atomic E-state index is 11.6. The van der Waals surface area contributed by atoms with Crippen LogP contribution in [0, 0.1) is 0 Å². The third kappa shape index (κ3) is 3.55. The first kappa shape index (κ1) is 12.5. The summed E-state index contributed by atoms with van der Waals surface area (Å²) in [7, 11) is 0. The average Bonchev–Trinajstić information content (AvgIpc) is 2.40. The van der Waals surface area contributed by atoms with Crippen LogP contribution in [0.3, 0.4) is 0 Å². The summed E-state index contributed by atoms with van der Waals surface area (Å²) >= 11 is 5.69. The second-order valence-corrected chi connectivity index (χ2v) is 3.94. The Morgan fingerprint density at radius 2 is 1.94 bits per heavy atom. The van der Waals surface area contributed by atoms with Gasteiger partial charge < -0.3 is 0 Å². The molecule has 4 nitrogen and oxygen atoms in total. The third-order valence-corrected chi connectivity index (χ3v) is 2.40. The van der Waals surface area contributed by atoms with Gasteiger partial charge in [-0.15, -0.1) is 0 Å². The summed E-state index contributed by atoms with van der Waals surface area (Å²) in [4.78, 5) is 20.6. The molecule has 0 atom stereocenters. The van der Waals surface area contributed by atoms with E-state index in [9.17, 15) is 4.79 Å². The summed E-state index contributed by atoms with van der Waals surface area (Å²) in [5.41, 5.74) is 3.50. The molecule has 1 heterocycles. The summed E-state index contributed by atoms with van der Waals surface area (Å²) in [6.07, 6.45) is 0. The van der Waals surface area contributed by atoms with Crippen LogP contribution in [0.15, 0.2) is 48.5 Å². The summed E-state index contributed by atoms with van der Waals surface area (Å²) in [5, 5.41) is 0.269. The second-order valence-electron chi connectivity index (χ2n) is 3.55. The van der Waals surface area contributed by atoms with E-state index in [4.69, 9.17) is 16.4 Å². The summed E-state index contributed by atoms with van der Waals surface area (Å²) in [6, 6.07) is 14.3. The van der Waals surface area contributed by atoms with Crippen molar-refractivity contribution >= 4 is 17.5 Å². The molecule has 1 amide bonds. The number of halogens is 1. The molecule has 0 fully saturated rings. The van der Waals surface area contributed by atoms with Crippen LogP contribution in [0.5, 0.6) is 0 Å². The van der Waals surface area contributed by atoms with Gasteiger partial charge in [0, 0.05) is 0 Å². The maximum absolute atomic E-state index is 11.6. The fraction of sp³-hybridized carbons (Fsp3) is 0.0769. The zero-order valence-corrected chi connectivity index (χ0v) is 10.2. The first-order valence-corrected chi connectivity index (χ1v) is 5.72. The number of hydroxylamine groups is 1. The van der Waals surface area contributed by atoms with Crippen molar-refractivity contribution in [3.63, 3.8) is 0 Å². The van der Waals surface area contributed by atoms with Crippen molar-refractivity contribution in [3.05, 3.63) is 64.9 Å². The summed E-state index contributed by atoms with van der Waals surface area (Å²) in [5.74, 6) is -0.423. The SMILES string of the molecule is O=C(NOCc1ccccc1)c1cccc(Cl)n1. The molecule has 1 N–H and O–H groups in total. The first-order valence-electron chi connectivity index (χ1n) is 5.34. The van der Waals surface area contributed by atoms with Crippen molar-refractivity contribution in [1.82, 2.24) is 10.5 Å². The molecule has 0 bridgehead atoms. The van der Waals surface area contributed by atoms with Gasteiger partial charge in [-0.05, 0) is 17.7 Å². The van der Waals surface area contributed by atoms with Crippen LogP contribution in [0.25, 0.3) is 0 Å².